The van der Waals surface area contributed by atoms with Crippen LogP contribution in [-0.4, -0.2) is 29.5 Å². The molecule has 1 fully saturated rings. The van der Waals surface area contributed by atoms with Crippen LogP contribution >= 0.6 is 0 Å². The van der Waals surface area contributed by atoms with Crippen LogP contribution in [0.4, 0.5) is 11.4 Å². The zero-order valence-corrected chi connectivity index (χ0v) is 14.8. The standard InChI is InChI=1S/C20H23N3O3/c1-2-26-20(25)17-9-5-6-10-18(17)23-19(24)14-11-16(13-21-12-14)22-15-7-3-4-8-15/h5-6,9-13,15,22H,2-4,7-8H2,1H3,(H,23,24). The molecule has 0 bridgehead atoms. The van der Waals surface area contributed by atoms with Crippen LogP contribution in [0, 0.1) is 0 Å². The number of carbonyl (C=O) groups excluding carboxylic acids is 2. The van der Waals surface area contributed by atoms with Crippen molar-refractivity contribution in [2.75, 3.05) is 17.2 Å². The van der Waals surface area contributed by atoms with Crippen LogP contribution in [-0.2, 0) is 4.74 Å². The highest BCUT2D eigenvalue weighted by Gasteiger charge is 2.17. The summed E-state index contributed by atoms with van der Waals surface area (Å²) in [7, 11) is 0. The van der Waals surface area contributed by atoms with Crippen LogP contribution in [0.1, 0.15) is 53.3 Å². The van der Waals surface area contributed by atoms with Gasteiger partial charge in [-0.05, 0) is 38.0 Å². The van der Waals surface area contributed by atoms with Crippen molar-refractivity contribution in [3.8, 4) is 0 Å². The predicted molar refractivity (Wildman–Crippen MR) is 100 cm³/mol. The first-order chi connectivity index (χ1) is 12.7. The maximum absolute atomic E-state index is 12.6. The molecule has 0 radical (unpaired) electrons. The Kier molecular flexibility index (Phi) is 5.84. The van der Waals surface area contributed by atoms with Gasteiger partial charge >= 0.3 is 5.97 Å². The topological polar surface area (TPSA) is 80.3 Å². The number of pyridine rings is 1. The molecule has 1 aromatic heterocycles. The number of para-hydroxylation sites is 1. The van der Waals surface area contributed by atoms with E-state index in [9.17, 15) is 9.59 Å². The van der Waals surface area contributed by atoms with Gasteiger partial charge in [-0.1, -0.05) is 25.0 Å². The van der Waals surface area contributed by atoms with Crippen molar-refractivity contribution in [1.82, 2.24) is 4.98 Å². The summed E-state index contributed by atoms with van der Waals surface area (Å²) in [5.41, 5.74) is 2.02. The molecule has 6 heteroatoms. The minimum Gasteiger partial charge on any atom is -0.462 e. The van der Waals surface area contributed by atoms with Gasteiger partial charge in [0.1, 0.15) is 0 Å². The van der Waals surface area contributed by atoms with Gasteiger partial charge < -0.3 is 15.4 Å². The van der Waals surface area contributed by atoms with Gasteiger partial charge in [0, 0.05) is 18.4 Å². The maximum atomic E-state index is 12.6. The zero-order valence-electron chi connectivity index (χ0n) is 14.8. The predicted octanol–water partition coefficient (Wildman–Crippen LogP) is 3.87. The fraction of sp³-hybridized carbons (Fsp3) is 0.350. The number of benzene rings is 1. The lowest BCUT2D eigenvalue weighted by Crippen LogP contribution is -2.18. The molecular formula is C20H23N3O3. The molecule has 0 unspecified atom stereocenters. The first-order valence-corrected chi connectivity index (χ1v) is 8.96. The number of nitrogens with zero attached hydrogens (tertiary/aromatic N) is 1. The number of carbonyl (C=O) groups is 2. The fourth-order valence-electron chi connectivity index (χ4n) is 3.12. The highest BCUT2D eigenvalue weighted by molar-refractivity contribution is 6.08. The summed E-state index contributed by atoms with van der Waals surface area (Å²) in [6.45, 7) is 2.02. The summed E-state index contributed by atoms with van der Waals surface area (Å²) in [6.07, 6.45) is 7.99. The lowest BCUT2D eigenvalue weighted by Gasteiger charge is -2.14. The molecule has 136 valence electrons. The van der Waals surface area contributed by atoms with Crippen molar-refractivity contribution in [2.24, 2.45) is 0 Å². The Morgan fingerprint density at radius 3 is 2.73 bits per heavy atom. The van der Waals surface area contributed by atoms with Gasteiger partial charge in [-0.2, -0.15) is 0 Å². The molecule has 6 nitrogen and oxygen atoms in total. The Bertz CT molecular complexity index is 785. The SMILES string of the molecule is CCOC(=O)c1ccccc1NC(=O)c1cncc(NC2CCCC2)c1. The van der Waals surface area contributed by atoms with Crippen molar-refractivity contribution in [3.63, 3.8) is 0 Å². The van der Waals surface area contributed by atoms with Crippen molar-refractivity contribution in [1.29, 1.82) is 0 Å². The molecule has 1 aromatic carbocycles. The molecule has 0 aliphatic heterocycles. The lowest BCUT2D eigenvalue weighted by atomic mass is 10.1. The number of hydrogen-bond acceptors (Lipinski definition) is 5. The molecule has 0 atom stereocenters. The van der Waals surface area contributed by atoms with E-state index >= 15 is 0 Å². The average molecular weight is 353 g/mol. The number of rotatable bonds is 6. The molecule has 26 heavy (non-hydrogen) atoms. The largest absolute Gasteiger partial charge is 0.462 e. The monoisotopic (exact) mass is 353 g/mol. The zero-order chi connectivity index (χ0) is 18.4. The van der Waals surface area contributed by atoms with Gasteiger partial charge in [-0.3, -0.25) is 9.78 Å². The van der Waals surface area contributed by atoms with Crippen LogP contribution in [0.15, 0.2) is 42.7 Å². The third kappa shape index (κ3) is 4.39. The molecule has 1 aliphatic rings. The molecule has 0 saturated heterocycles. The highest BCUT2D eigenvalue weighted by Crippen LogP contribution is 2.23. The lowest BCUT2D eigenvalue weighted by molar-refractivity contribution is 0.0527. The third-order valence-corrected chi connectivity index (χ3v) is 4.40. The third-order valence-electron chi connectivity index (χ3n) is 4.40. The Labute approximate surface area is 153 Å². The van der Waals surface area contributed by atoms with E-state index < -0.39 is 5.97 Å². The molecule has 2 aromatic rings. The van der Waals surface area contributed by atoms with Crippen molar-refractivity contribution in [2.45, 2.75) is 38.6 Å². The first kappa shape index (κ1) is 17.9. The number of amides is 1. The van der Waals surface area contributed by atoms with Crippen molar-refractivity contribution >= 4 is 23.3 Å². The second kappa shape index (κ2) is 8.47. The Morgan fingerprint density at radius 1 is 1.19 bits per heavy atom. The summed E-state index contributed by atoms with van der Waals surface area (Å²) < 4.78 is 5.04. The number of nitrogens with one attached hydrogen (secondary N) is 2. The van der Waals surface area contributed by atoms with Gasteiger partial charge in [0.05, 0.1) is 29.1 Å². The minimum absolute atomic E-state index is 0.278. The van der Waals surface area contributed by atoms with Crippen LogP contribution < -0.4 is 10.6 Å². The summed E-state index contributed by atoms with van der Waals surface area (Å²) in [6, 6.07) is 9.03. The number of hydrogen-bond donors (Lipinski definition) is 2. The number of anilines is 2. The summed E-state index contributed by atoms with van der Waals surface area (Å²) >= 11 is 0. The second-order valence-electron chi connectivity index (χ2n) is 6.31. The maximum Gasteiger partial charge on any atom is 0.340 e. The molecule has 1 saturated carbocycles. The van der Waals surface area contributed by atoms with E-state index in [1.54, 1.807) is 43.5 Å². The number of ether oxygens (including phenoxy) is 1. The van der Waals surface area contributed by atoms with Gasteiger partial charge in [-0.25, -0.2) is 4.79 Å². The fourth-order valence-corrected chi connectivity index (χ4v) is 3.12. The minimum atomic E-state index is -0.460. The van der Waals surface area contributed by atoms with E-state index in [2.05, 4.69) is 15.6 Å². The van der Waals surface area contributed by atoms with E-state index in [1.165, 1.54) is 19.0 Å². The molecule has 2 N–H and O–H groups in total. The first-order valence-electron chi connectivity index (χ1n) is 8.96. The average Bonchev–Trinajstić information content (AvgIpc) is 3.15. The molecule has 1 aliphatic carbocycles. The second-order valence-corrected chi connectivity index (χ2v) is 6.31. The molecule has 0 spiro atoms. The Balaban J connectivity index is 1.73. The summed E-state index contributed by atoms with van der Waals surface area (Å²) in [5, 5.41) is 6.21. The smallest absolute Gasteiger partial charge is 0.340 e. The van der Waals surface area contributed by atoms with Gasteiger partial charge in [-0.15, -0.1) is 0 Å². The number of esters is 1. The summed E-state index contributed by atoms with van der Waals surface area (Å²) in [4.78, 5) is 28.8. The van der Waals surface area contributed by atoms with E-state index in [0.29, 0.717) is 22.9 Å². The molecule has 3 rings (SSSR count). The van der Waals surface area contributed by atoms with Crippen LogP contribution in [0.3, 0.4) is 0 Å². The van der Waals surface area contributed by atoms with Crippen molar-refractivity contribution in [3.05, 3.63) is 53.9 Å². The van der Waals surface area contributed by atoms with Crippen LogP contribution in [0.2, 0.25) is 0 Å². The van der Waals surface area contributed by atoms with Crippen molar-refractivity contribution < 1.29 is 14.3 Å². The van der Waals surface area contributed by atoms with Gasteiger partial charge in [0.15, 0.2) is 0 Å². The highest BCUT2D eigenvalue weighted by atomic mass is 16.5. The molecule has 1 amide bonds. The number of aromatic nitrogens is 1. The van der Waals surface area contributed by atoms with E-state index in [0.717, 1.165) is 18.5 Å². The van der Waals surface area contributed by atoms with E-state index in [1.807, 2.05) is 0 Å². The van der Waals surface area contributed by atoms with E-state index in [-0.39, 0.29) is 12.5 Å². The molecular weight excluding hydrogens is 330 g/mol. The quantitative estimate of drug-likeness (QED) is 0.771. The summed E-state index contributed by atoms with van der Waals surface area (Å²) in [5.74, 6) is -0.775. The van der Waals surface area contributed by atoms with Crippen LogP contribution in [0.25, 0.3) is 0 Å². The van der Waals surface area contributed by atoms with Gasteiger partial charge in [0.2, 0.25) is 0 Å². The molecule has 1 heterocycles. The van der Waals surface area contributed by atoms with Crippen LogP contribution in [0.5, 0.6) is 0 Å². The van der Waals surface area contributed by atoms with Gasteiger partial charge in [0.25, 0.3) is 5.91 Å². The Hall–Kier alpha value is -2.89. The normalized spacial score (nSPS) is 14.0. The van der Waals surface area contributed by atoms with E-state index in [4.69, 9.17) is 4.74 Å². The Morgan fingerprint density at radius 2 is 1.96 bits per heavy atom.